The molecule has 0 aliphatic rings. The SMILES string of the molecule is CC(c1ccccn1)N(C)Cc1cnn(C(C)C)c1. The van der Waals surface area contributed by atoms with E-state index in [2.05, 4.69) is 55.1 Å². The first kappa shape index (κ1) is 13.7. The first-order valence-electron chi connectivity index (χ1n) is 6.72. The summed E-state index contributed by atoms with van der Waals surface area (Å²) in [6.07, 6.45) is 5.91. The van der Waals surface area contributed by atoms with Gasteiger partial charge in [-0.3, -0.25) is 14.6 Å². The van der Waals surface area contributed by atoms with Crippen molar-refractivity contribution in [2.45, 2.75) is 39.4 Å². The van der Waals surface area contributed by atoms with Crippen LogP contribution in [0.3, 0.4) is 0 Å². The lowest BCUT2D eigenvalue weighted by Gasteiger charge is -2.23. The number of aromatic nitrogens is 3. The average molecular weight is 258 g/mol. The van der Waals surface area contributed by atoms with E-state index in [1.54, 1.807) is 0 Å². The second kappa shape index (κ2) is 5.97. The van der Waals surface area contributed by atoms with Gasteiger partial charge in [0.05, 0.1) is 11.9 Å². The average Bonchev–Trinajstić information content (AvgIpc) is 2.87. The molecule has 0 saturated carbocycles. The predicted octanol–water partition coefficient (Wildman–Crippen LogP) is 3.05. The molecule has 1 unspecified atom stereocenters. The van der Waals surface area contributed by atoms with Crippen LogP contribution in [0.25, 0.3) is 0 Å². The van der Waals surface area contributed by atoms with Crippen LogP contribution in [0.5, 0.6) is 0 Å². The Morgan fingerprint density at radius 3 is 2.63 bits per heavy atom. The second-order valence-corrected chi connectivity index (χ2v) is 5.27. The Kier molecular flexibility index (Phi) is 4.32. The predicted molar refractivity (Wildman–Crippen MR) is 76.7 cm³/mol. The molecule has 4 nitrogen and oxygen atoms in total. The standard InChI is InChI=1S/C15H22N4/c1-12(2)19-11-14(9-17-19)10-18(4)13(3)15-7-5-6-8-16-15/h5-9,11-13H,10H2,1-4H3. The molecule has 1 atom stereocenters. The molecular weight excluding hydrogens is 236 g/mol. The Labute approximate surface area is 115 Å². The fraction of sp³-hybridized carbons (Fsp3) is 0.467. The van der Waals surface area contributed by atoms with Gasteiger partial charge in [0.2, 0.25) is 0 Å². The highest BCUT2D eigenvalue weighted by Crippen LogP contribution is 2.18. The molecule has 0 bridgehead atoms. The summed E-state index contributed by atoms with van der Waals surface area (Å²) in [5, 5.41) is 4.38. The van der Waals surface area contributed by atoms with Crippen molar-refractivity contribution >= 4 is 0 Å². The van der Waals surface area contributed by atoms with Crippen molar-refractivity contribution in [3.8, 4) is 0 Å². The molecule has 2 aromatic rings. The van der Waals surface area contributed by atoms with Gasteiger partial charge in [0, 0.05) is 36.6 Å². The van der Waals surface area contributed by atoms with Crippen LogP contribution in [0.4, 0.5) is 0 Å². The van der Waals surface area contributed by atoms with Crippen LogP contribution < -0.4 is 0 Å². The van der Waals surface area contributed by atoms with E-state index in [4.69, 9.17) is 0 Å². The first-order valence-corrected chi connectivity index (χ1v) is 6.72. The van der Waals surface area contributed by atoms with Gasteiger partial charge in [-0.25, -0.2) is 0 Å². The van der Waals surface area contributed by atoms with Gasteiger partial charge >= 0.3 is 0 Å². The van der Waals surface area contributed by atoms with Crippen molar-refractivity contribution in [2.75, 3.05) is 7.05 Å². The molecule has 0 N–H and O–H groups in total. The molecule has 0 aliphatic heterocycles. The molecule has 0 radical (unpaired) electrons. The lowest BCUT2D eigenvalue weighted by molar-refractivity contribution is 0.248. The Hall–Kier alpha value is -1.68. The third-order valence-electron chi connectivity index (χ3n) is 3.39. The highest BCUT2D eigenvalue weighted by atomic mass is 15.3. The molecule has 2 aromatic heterocycles. The van der Waals surface area contributed by atoms with Gasteiger partial charge in [0.25, 0.3) is 0 Å². The van der Waals surface area contributed by atoms with Crippen molar-refractivity contribution < 1.29 is 0 Å². The van der Waals surface area contributed by atoms with E-state index in [9.17, 15) is 0 Å². The summed E-state index contributed by atoms with van der Waals surface area (Å²) in [5.41, 5.74) is 2.33. The lowest BCUT2D eigenvalue weighted by atomic mass is 10.2. The zero-order chi connectivity index (χ0) is 13.8. The molecule has 0 aliphatic carbocycles. The molecule has 0 saturated heterocycles. The molecule has 0 amide bonds. The van der Waals surface area contributed by atoms with Gasteiger partial charge in [0.15, 0.2) is 0 Å². The van der Waals surface area contributed by atoms with Crippen LogP contribution in [0.2, 0.25) is 0 Å². The van der Waals surface area contributed by atoms with Gasteiger partial charge in [-0.2, -0.15) is 5.10 Å². The third-order valence-corrected chi connectivity index (χ3v) is 3.39. The van der Waals surface area contributed by atoms with Gasteiger partial charge in [-0.15, -0.1) is 0 Å². The van der Waals surface area contributed by atoms with Crippen LogP contribution in [0.1, 0.15) is 44.1 Å². The normalized spacial score (nSPS) is 13.2. The minimum absolute atomic E-state index is 0.295. The number of hydrogen-bond acceptors (Lipinski definition) is 3. The topological polar surface area (TPSA) is 34.0 Å². The van der Waals surface area contributed by atoms with Crippen molar-refractivity contribution in [3.05, 3.63) is 48.0 Å². The highest BCUT2D eigenvalue weighted by Gasteiger charge is 2.13. The maximum Gasteiger partial charge on any atom is 0.0572 e. The van der Waals surface area contributed by atoms with Crippen LogP contribution in [0.15, 0.2) is 36.8 Å². The molecule has 2 heterocycles. The monoisotopic (exact) mass is 258 g/mol. The van der Waals surface area contributed by atoms with E-state index in [0.717, 1.165) is 12.2 Å². The van der Waals surface area contributed by atoms with Crippen LogP contribution in [0, 0.1) is 0 Å². The van der Waals surface area contributed by atoms with Crippen LogP contribution >= 0.6 is 0 Å². The van der Waals surface area contributed by atoms with Crippen molar-refractivity contribution in [1.29, 1.82) is 0 Å². The minimum Gasteiger partial charge on any atom is -0.294 e. The molecule has 102 valence electrons. The second-order valence-electron chi connectivity index (χ2n) is 5.27. The molecule has 0 fully saturated rings. The van der Waals surface area contributed by atoms with E-state index in [0.29, 0.717) is 12.1 Å². The fourth-order valence-corrected chi connectivity index (χ4v) is 2.02. The summed E-state index contributed by atoms with van der Waals surface area (Å²) in [6, 6.07) is 6.75. The van der Waals surface area contributed by atoms with Crippen molar-refractivity contribution in [1.82, 2.24) is 19.7 Å². The van der Waals surface area contributed by atoms with Gasteiger partial charge in [-0.1, -0.05) is 6.07 Å². The molecule has 0 aromatic carbocycles. The van der Waals surface area contributed by atoms with Gasteiger partial charge in [0.1, 0.15) is 0 Å². The molecule has 19 heavy (non-hydrogen) atoms. The van der Waals surface area contributed by atoms with Gasteiger partial charge < -0.3 is 0 Å². The number of hydrogen-bond donors (Lipinski definition) is 0. The van der Waals surface area contributed by atoms with E-state index >= 15 is 0 Å². The molecule has 2 rings (SSSR count). The summed E-state index contributed by atoms with van der Waals surface area (Å²) in [5.74, 6) is 0. The van der Waals surface area contributed by atoms with E-state index < -0.39 is 0 Å². The Morgan fingerprint density at radius 2 is 2.05 bits per heavy atom. The van der Waals surface area contributed by atoms with Crippen LogP contribution in [-0.4, -0.2) is 26.7 Å². The summed E-state index contributed by atoms with van der Waals surface area (Å²) in [7, 11) is 2.12. The van der Waals surface area contributed by atoms with Crippen molar-refractivity contribution in [3.63, 3.8) is 0 Å². The summed E-state index contributed by atoms with van der Waals surface area (Å²) in [6.45, 7) is 7.33. The molecular formula is C15H22N4. The Balaban J connectivity index is 2.02. The number of rotatable bonds is 5. The van der Waals surface area contributed by atoms with Crippen molar-refractivity contribution in [2.24, 2.45) is 0 Å². The Morgan fingerprint density at radius 1 is 1.26 bits per heavy atom. The third kappa shape index (κ3) is 3.41. The number of nitrogens with zero attached hydrogens (tertiary/aromatic N) is 4. The molecule has 4 heteroatoms. The quantitative estimate of drug-likeness (QED) is 0.826. The smallest absolute Gasteiger partial charge is 0.0572 e. The maximum absolute atomic E-state index is 4.41. The lowest BCUT2D eigenvalue weighted by Crippen LogP contribution is -2.22. The zero-order valence-electron chi connectivity index (χ0n) is 12.1. The fourth-order valence-electron chi connectivity index (χ4n) is 2.02. The van der Waals surface area contributed by atoms with E-state index in [1.165, 1.54) is 5.56 Å². The van der Waals surface area contributed by atoms with Crippen LogP contribution in [-0.2, 0) is 6.54 Å². The summed E-state index contributed by atoms with van der Waals surface area (Å²) in [4.78, 5) is 6.69. The highest BCUT2D eigenvalue weighted by molar-refractivity contribution is 5.10. The minimum atomic E-state index is 0.295. The largest absolute Gasteiger partial charge is 0.294 e. The zero-order valence-corrected chi connectivity index (χ0v) is 12.1. The summed E-state index contributed by atoms with van der Waals surface area (Å²) < 4.78 is 1.99. The molecule has 0 spiro atoms. The first-order chi connectivity index (χ1) is 9.08. The van der Waals surface area contributed by atoms with E-state index in [1.807, 2.05) is 29.2 Å². The van der Waals surface area contributed by atoms with Gasteiger partial charge in [-0.05, 0) is 40.0 Å². The maximum atomic E-state index is 4.41. The number of pyridine rings is 1. The summed E-state index contributed by atoms with van der Waals surface area (Å²) >= 11 is 0. The van der Waals surface area contributed by atoms with E-state index in [-0.39, 0.29) is 0 Å². The Bertz CT molecular complexity index is 504.